The lowest BCUT2D eigenvalue weighted by Gasteiger charge is -2.27. The first-order valence-electron chi connectivity index (χ1n) is 5.00. The van der Waals surface area contributed by atoms with E-state index in [-0.39, 0.29) is 0 Å². The zero-order valence-electron chi connectivity index (χ0n) is 8.33. The van der Waals surface area contributed by atoms with Gasteiger partial charge in [-0.2, -0.15) is 0 Å². The molecule has 3 heteroatoms. The highest BCUT2D eigenvalue weighted by molar-refractivity contribution is 6.33. The van der Waals surface area contributed by atoms with Crippen LogP contribution in [0.1, 0.15) is 12.8 Å². The van der Waals surface area contributed by atoms with Crippen LogP contribution in [-0.2, 0) is 0 Å². The van der Waals surface area contributed by atoms with Crippen LogP contribution < -0.4 is 10.2 Å². The molecule has 1 heterocycles. The summed E-state index contributed by atoms with van der Waals surface area (Å²) in [6, 6.07) is 7.97. The number of anilines is 1. The average Bonchev–Trinajstić information content (AvgIpc) is 2.70. The van der Waals surface area contributed by atoms with Gasteiger partial charge in [0.05, 0.1) is 16.9 Å². The van der Waals surface area contributed by atoms with Crippen molar-refractivity contribution < 1.29 is 0 Å². The number of rotatable bonds is 2. The molecule has 1 unspecified atom stereocenters. The SMILES string of the molecule is CN(c1ccccc1Cl)C1CCCN1. The molecule has 1 aliphatic heterocycles. The second-order valence-corrected chi connectivity index (χ2v) is 4.08. The quantitative estimate of drug-likeness (QED) is 0.807. The fraction of sp³-hybridized carbons (Fsp3) is 0.455. The Hall–Kier alpha value is -0.730. The van der Waals surface area contributed by atoms with Crippen LogP contribution in [0.3, 0.4) is 0 Å². The van der Waals surface area contributed by atoms with Gasteiger partial charge in [-0.05, 0) is 31.5 Å². The van der Waals surface area contributed by atoms with Gasteiger partial charge in [0.15, 0.2) is 0 Å². The Labute approximate surface area is 89.9 Å². The minimum Gasteiger partial charge on any atom is -0.358 e. The topological polar surface area (TPSA) is 15.3 Å². The van der Waals surface area contributed by atoms with Gasteiger partial charge in [0, 0.05) is 7.05 Å². The number of hydrogen-bond acceptors (Lipinski definition) is 2. The predicted octanol–water partition coefficient (Wildman–Crippen LogP) is 2.49. The standard InChI is InChI=1S/C11H15ClN2/c1-14(11-7-4-8-13-11)10-6-3-2-5-9(10)12/h2-3,5-6,11,13H,4,7-8H2,1H3. The van der Waals surface area contributed by atoms with Crippen molar-refractivity contribution in [3.8, 4) is 0 Å². The van der Waals surface area contributed by atoms with Gasteiger partial charge in [-0.1, -0.05) is 23.7 Å². The Balaban J connectivity index is 2.17. The fourth-order valence-electron chi connectivity index (χ4n) is 1.90. The molecule has 0 aromatic heterocycles. The van der Waals surface area contributed by atoms with Crippen LogP contribution >= 0.6 is 11.6 Å². The number of benzene rings is 1. The maximum absolute atomic E-state index is 6.13. The third-order valence-electron chi connectivity index (χ3n) is 2.73. The summed E-state index contributed by atoms with van der Waals surface area (Å²) < 4.78 is 0. The number of halogens is 1. The van der Waals surface area contributed by atoms with Crippen LogP contribution in [0.25, 0.3) is 0 Å². The van der Waals surface area contributed by atoms with Gasteiger partial charge < -0.3 is 4.90 Å². The van der Waals surface area contributed by atoms with Crippen molar-refractivity contribution in [3.05, 3.63) is 29.3 Å². The van der Waals surface area contributed by atoms with Crippen LogP contribution in [0.2, 0.25) is 5.02 Å². The lowest BCUT2D eigenvalue weighted by atomic mass is 10.2. The van der Waals surface area contributed by atoms with Crippen molar-refractivity contribution in [2.45, 2.75) is 19.0 Å². The number of nitrogens with one attached hydrogen (secondary N) is 1. The molecule has 14 heavy (non-hydrogen) atoms. The molecule has 0 aliphatic carbocycles. The van der Waals surface area contributed by atoms with Gasteiger partial charge in [-0.15, -0.1) is 0 Å². The van der Waals surface area contributed by atoms with E-state index in [1.807, 2.05) is 18.2 Å². The van der Waals surface area contributed by atoms with Gasteiger partial charge in [-0.25, -0.2) is 0 Å². The smallest absolute Gasteiger partial charge is 0.0793 e. The van der Waals surface area contributed by atoms with Gasteiger partial charge in [0.1, 0.15) is 0 Å². The van der Waals surface area contributed by atoms with Crippen molar-refractivity contribution in [1.82, 2.24) is 5.32 Å². The number of para-hydroxylation sites is 1. The molecular weight excluding hydrogens is 196 g/mol. The molecule has 76 valence electrons. The Morgan fingerprint density at radius 1 is 1.43 bits per heavy atom. The summed E-state index contributed by atoms with van der Waals surface area (Å²) in [5.41, 5.74) is 1.11. The predicted molar refractivity (Wildman–Crippen MR) is 60.9 cm³/mol. The molecule has 1 atom stereocenters. The van der Waals surface area contributed by atoms with E-state index in [1.54, 1.807) is 0 Å². The normalized spacial score (nSPS) is 21.1. The summed E-state index contributed by atoms with van der Waals surface area (Å²) >= 11 is 6.13. The number of hydrogen-bond donors (Lipinski definition) is 1. The first kappa shape index (κ1) is 9.81. The zero-order valence-corrected chi connectivity index (χ0v) is 9.09. The molecule has 1 saturated heterocycles. The highest BCUT2D eigenvalue weighted by Gasteiger charge is 2.19. The highest BCUT2D eigenvalue weighted by Crippen LogP contribution is 2.26. The molecule has 1 aromatic rings. The second-order valence-electron chi connectivity index (χ2n) is 3.67. The molecule has 0 amide bonds. The van der Waals surface area contributed by atoms with Gasteiger partial charge in [-0.3, -0.25) is 5.32 Å². The number of nitrogens with zero attached hydrogens (tertiary/aromatic N) is 1. The van der Waals surface area contributed by atoms with E-state index < -0.39 is 0 Å². The molecule has 0 radical (unpaired) electrons. The van der Waals surface area contributed by atoms with Crippen molar-refractivity contribution in [3.63, 3.8) is 0 Å². The first-order chi connectivity index (χ1) is 6.79. The minimum absolute atomic E-state index is 0.440. The van der Waals surface area contributed by atoms with E-state index in [9.17, 15) is 0 Å². The van der Waals surface area contributed by atoms with Crippen LogP contribution in [0, 0.1) is 0 Å². The average molecular weight is 211 g/mol. The summed E-state index contributed by atoms with van der Waals surface area (Å²) in [5, 5.41) is 4.27. The van der Waals surface area contributed by atoms with Gasteiger partial charge in [0.25, 0.3) is 0 Å². The summed E-state index contributed by atoms with van der Waals surface area (Å²) in [5.74, 6) is 0. The molecule has 0 saturated carbocycles. The monoisotopic (exact) mass is 210 g/mol. The molecule has 2 nitrogen and oxygen atoms in total. The van der Waals surface area contributed by atoms with Crippen molar-refractivity contribution >= 4 is 17.3 Å². The maximum Gasteiger partial charge on any atom is 0.0793 e. The molecule has 0 bridgehead atoms. The summed E-state index contributed by atoms with van der Waals surface area (Å²) in [6.07, 6.45) is 2.89. The minimum atomic E-state index is 0.440. The van der Waals surface area contributed by atoms with Crippen molar-refractivity contribution in [2.75, 3.05) is 18.5 Å². The van der Waals surface area contributed by atoms with E-state index in [4.69, 9.17) is 11.6 Å². The molecule has 2 rings (SSSR count). The van der Waals surface area contributed by atoms with E-state index in [0.29, 0.717) is 6.17 Å². The first-order valence-corrected chi connectivity index (χ1v) is 5.37. The molecule has 1 fully saturated rings. The summed E-state index contributed by atoms with van der Waals surface area (Å²) in [7, 11) is 2.09. The molecule has 1 aromatic carbocycles. The van der Waals surface area contributed by atoms with Crippen LogP contribution in [0.4, 0.5) is 5.69 Å². The van der Waals surface area contributed by atoms with E-state index in [1.165, 1.54) is 12.8 Å². The molecule has 1 N–H and O–H groups in total. The Morgan fingerprint density at radius 2 is 2.21 bits per heavy atom. The third-order valence-corrected chi connectivity index (χ3v) is 3.05. The molecule has 1 aliphatic rings. The lowest BCUT2D eigenvalue weighted by Crippen LogP contribution is -2.39. The van der Waals surface area contributed by atoms with Crippen LogP contribution in [0.15, 0.2) is 24.3 Å². The lowest BCUT2D eigenvalue weighted by molar-refractivity contribution is 0.594. The van der Waals surface area contributed by atoms with Crippen molar-refractivity contribution in [1.29, 1.82) is 0 Å². The zero-order chi connectivity index (χ0) is 9.97. The van der Waals surface area contributed by atoms with Crippen molar-refractivity contribution in [2.24, 2.45) is 0 Å². The highest BCUT2D eigenvalue weighted by atomic mass is 35.5. The Morgan fingerprint density at radius 3 is 2.86 bits per heavy atom. The Kier molecular flexibility index (Phi) is 2.94. The second kappa shape index (κ2) is 4.20. The van der Waals surface area contributed by atoms with Gasteiger partial charge in [0.2, 0.25) is 0 Å². The summed E-state index contributed by atoms with van der Waals surface area (Å²) in [4.78, 5) is 2.22. The third kappa shape index (κ3) is 1.86. The van der Waals surface area contributed by atoms with Crippen LogP contribution in [-0.4, -0.2) is 19.8 Å². The fourth-order valence-corrected chi connectivity index (χ4v) is 2.17. The molecular formula is C11H15ClN2. The summed E-state index contributed by atoms with van der Waals surface area (Å²) in [6.45, 7) is 1.11. The van der Waals surface area contributed by atoms with E-state index >= 15 is 0 Å². The molecule has 0 spiro atoms. The van der Waals surface area contributed by atoms with E-state index in [0.717, 1.165) is 17.3 Å². The van der Waals surface area contributed by atoms with Gasteiger partial charge >= 0.3 is 0 Å². The van der Waals surface area contributed by atoms with E-state index in [2.05, 4.69) is 23.3 Å². The largest absolute Gasteiger partial charge is 0.358 e. The Bertz CT molecular complexity index is 308. The van der Waals surface area contributed by atoms with Crippen LogP contribution in [0.5, 0.6) is 0 Å². The maximum atomic E-state index is 6.13.